The van der Waals surface area contributed by atoms with E-state index in [2.05, 4.69) is 25.6 Å². The zero-order chi connectivity index (χ0) is 14.1. The summed E-state index contributed by atoms with van der Waals surface area (Å²) in [6.45, 7) is 6.39. The molecule has 0 radical (unpaired) electrons. The van der Waals surface area contributed by atoms with Crippen LogP contribution in [0.15, 0.2) is 53.5 Å². The third kappa shape index (κ3) is 5.91. The van der Waals surface area contributed by atoms with E-state index in [-0.39, 0.29) is 20.9 Å². The quantitative estimate of drug-likeness (QED) is 0.429. The van der Waals surface area contributed by atoms with Crippen molar-refractivity contribution in [3.8, 4) is 0 Å². The molecule has 102 valence electrons. The van der Waals surface area contributed by atoms with E-state index in [4.69, 9.17) is 0 Å². The molecule has 0 aromatic heterocycles. The van der Waals surface area contributed by atoms with Gasteiger partial charge in [0.2, 0.25) is 0 Å². The number of allylic oxidation sites excluding steroid dienone is 1. The van der Waals surface area contributed by atoms with Crippen LogP contribution < -0.4 is 4.46 Å². The molecule has 0 spiro atoms. The second-order valence-corrected chi connectivity index (χ2v) is 6.80. The molecule has 0 aliphatic carbocycles. The van der Waals surface area contributed by atoms with Crippen molar-refractivity contribution in [2.24, 2.45) is 0 Å². The van der Waals surface area contributed by atoms with Crippen LogP contribution in [0.25, 0.3) is 0 Å². The van der Waals surface area contributed by atoms with E-state index in [0.29, 0.717) is 6.54 Å². The van der Waals surface area contributed by atoms with E-state index < -0.39 is 0 Å². The van der Waals surface area contributed by atoms with Crippen molar-refractivity contribution in [3.63, 3.8) is 0 Å². The molecule has 0 unspecified atom stereocenters. The number of carbonyl (C=O) groups excluding carboxylic acids is 1. The topological polar surface area (TPSA) is 20.3 Å². The molecule has 0 saturated carbocycles. The summed E-state index contributed by atoms with van der Waals surface area (Å²) in [5, 5.41) is 0. The molecule has 1 aromatic rings. The van der Waals surface area contributed by atoms with E-state index in [1.54, 1.807) is 24.1 Å². The van der Waals surface area contributed by atoms with Crippen LogP contribution in [0.3, 0.4) is 0 Å². The molecular weight excluding hydrogens is 301 g/mol. The molecule has 0 atom stereocenters. The van der Waals surface area contributed by atoms with E-state index in [0.717, 1.165) is 12.8 Å². The van der Waals surface area contributed by atoms with Gasteiger partial charge in [-0.25, -0.2) is 0 Å². The van der Waals surface area contributed by atoms with Gasteiger partial charge < -0.3 is 0 Å². The van der Waals surface area contributed by atoms with Crippen molar-refractivity contribution in [3.05, 3.63) is 53.5 Å². The average molecular weight is 322 g/mol. The minimum atomic E-state index is 0.0705. The van der Waals surface area contributed by atoms with Crippen LogP contribution >= 0.6 is 0 Å². The molecule has 0 aliphatic rings. The van der Waals surface area contributed by atoms with Crippen LogP contribution in [0.2, 0.25) is 0 Å². The predicted molar refractivity (Wildman–Crippen MR) is 82.7 cm³/mol. The number of likely N-dealkylation sites (N-methyl/N-ethyl adjacent to an activating group) is 1. The first-order chi connectivity index (χ1) is 9.17. The third-order valence-corrected chi connectivity index (χ3v) is 4.84. The summed E-state index contributed by atoms with van der Waals surface area (Å²) in [6.07, 6.45) is 5.61. The summed E-state index contributed by atoms with van der Waals surface area (Å²) in [6, 6.07) is 10.4. The van der Waals surface area contributed by atoms with Gasteiger partial charge in [0.1, 0.15) is 0 Å². The first-order valence-electron chi connectivity index (χ1n) is 6.46. The van der Waals surface area contributed by atoms with Crippen LogP contribution in [-0.4, -0.2) is 39.4 Å². The number of hydrogen-bond acceptors (Lipinski definition) is 1. The number of hydrogen-bond donors (Lipinski definition) is 0. The van der Waals surface area contributed by atoms with Gasteiger partial charge in [0, 0.05) is 0 Å². The predicted octanol–water partition coefficient (Wildman–Crippen LogP) is 2.34. The van der Waals surface area contributed by atoms with Gasteiger partial charge in [-0.15, -0.1) is 0 Å². The fourth-order valence-corrected chi connectivity index (χ4v) is 3.80. The first kappa shape index (κ1) is 15.7. The molecular formula is C16H21NOSe. The Morgan fingerprint density at radius 2 is 2.05 bits per heavy atom. The number of amides is 1. The third-order valence-electron chi connectivity index (χ3n) is 2.55. The van der Waals surface area contributed by atoms with Crippen LogP contribution in [-0.2, 0) is 4.79 Å². The average Bonchev–Trinajstić information content (AvgIpc) is 2.40. The van der Waals surface area contributed by atoms with Crippen LogP contribution in [0, 0.1) is 0 Å². The Morgan fingerprint density at radius 1 is 1.37 bits per heavy atom. The summed E-state index contributed by atoms with van der Waals surface area (Å²) in [5.74, 6) is 0.0705. The molecule has 2 nitrogen and oxygen atoms in total. The summed E-state index contributed by atoms with van der Waals surface area (Å²) in [4.78, 5) is 13.7. The van der Waals surface area contributed by atoms with Crippen LogP contribution in [0.5, 0.6) is 0 Å². The van der Waals surface area contributed by atoms with Crippen LogP contribution in [0.4, 0.5) is 0 Å². The van der Waals surface area contributed by atoms with Gasteiger partial charge in [0.15, 0.2) is 0 Å². The molecule has 1 rings (SSSR count). The molecule has 0 N–H and O–H groups in total. The second kappa shape index (κ2) is 8.73. The van der Waals surface area contributed by atoms with Crippen LogP contribution in [0.1, 0.15) is 19.8 Å². The molecule has 0 heterocycles. The summed E-state index contributed by atoms with van der Waals surface area (Å²) in [5.41, 5.74) is 0. The van der Waals surface area contributed by atoms with E-state index in [1.807, 2.05) is 18.2 Å². The Labute approximate surface area is 122 Å². The summed E-state index contributed by atoms with van der Waals surface area (Å²) in [7, 11) is 1.81. The maximum absolute atomic E-state index is 12.0. The molecule has 0 fully saturated rings. The number of benzene rings is 1. The second-order valence-electron chi connectivity index (χ2n) is 4.28. The van der Waals surface area contributed by atoms with Crippen molar-refractivity contribution in [1.82, 2.24) is 4.90 Å². The van der Waals surface area contributed by atoms with Crippen molar-refractivity contribution < 1.29 is 4.79 Å². The Morgan fingerprint density at radius 3 is 2.63 bits per heavy atom. The van der Waals surface area contributed by atoms with E-state index in [1.165, 1.54) is 8.93 Å². The van der Waals surface area contributed by atoms with Crippen molar-refractivity contribution in [2.75, 3.05) is 13.6 Å². The Balaban J connectivity index is 2.76. The Kier molecular flexibility index (Phi) is 7.24. The van der Waals surface area contributed by atoms with Gasteiger partial charge in [-0.3, -0.25) is 0 Å². The number of nitrogens with zero attached hydrogens (tertiary/aromatic N) is 1. The molecule has 19 heavy (non-hydrogen) atoms. The first-order valence-corrected chi connectivity index (χ1v) is 8.18. The van der Waals surface area contributed by atoms with Crippen molar-refractivity contribution in [2.45, 2.75) is 19.8 Å². The monoisotopic (exact) mass is 323 g/mol. The minimum absolute atomic E-state index is 0.0705. The van der Waals surface area contributed by atoms with Gasteiger partial charge in [-0.05, 0) is 0 Å². The van der Waals surface area contributed by atoms with Gasteiger partial charge in [0.05, 0.1) is 0 Å². The maximum atomic E-state index is 12.0. The van der Waals surface area contributed by atoms with Gasteiger partial charge in [-0.1, -0.05) is 0 Å². The molecule has 3 heteroatoms. The van der Waals surface area contributed by atoms with Crippen molar-refractivity contribution in [1.29, 1.82) is 0 Å². The SMILES string of the molecule is C=CCN(C)C(=O)/C=C(\CCC)[Se]c1ccccc1. The van der Waals surface area contributed by atoms with E-state index in [9.17, 15) is 4.79 Å². The molecule has 0 aliphatic heterocycles. The fraction of sp³-hybridized carbons (Fsp3) is 0.312. The molecule has 1 aromatic carbocycles. The number of rotatable bonds is 7. The molecule has 1 amide bonds. The zero-order valence-electron chi connectivity index (χ0n) is 11.6. The Bertz CT molecular complexity index is 439. The number of carbonyl (C=O) groups is 1. The summed E-state index contributed by atoms with van der Waals surface area (Å²) >= 11 is 0.238. The fourth-order valence-electron chi connectivity index (χ4n) is 1.57. The van der Waals surface area contributed by atoms with E-state index >= 15 is 0 Å². The Hall–Kier alpha value is -1.31. The standard InChI is InChI=1S/C16H21NOSe/c1-4-9-15(13-16(18)17(3)12-5-2)19-14-10-7-6-8-11-14/h5-8,10-11,13H,2,4,9,12H2,1,3H3/b15-13+. The van der Waals surface area contributed by atoms with Gasteiger partial charge >= 0.3 is 122 Å². The molecule has 0 saturated heterocycles. The van der Waals surface area contributed by atoms with Gasteiger partial charge in [-0.2, -0.15) is 0 Å². The normalized spacial score (nSPS) is 11.2. The van der Waals surface area contributed by atoms with Gasteiger partial charge in [0.25, 0.3) is 0 Å². The van der Waals surface area contributed by atoms with Crippen molar-refractivity contribution >= 4 is 25.3 Å². The summed E-state index contributed by atoms with van der Waals surface area (Å²) < 4.78 is 2.57. The molecule has 0 bridgehead atoms. The zero-order valence-corrected chi connectivity index (χ0v) is 13.3.